The van der Waals surface area contributed by atoms with Crippen LogP contribution in [0.2, 0.25) is 0 Å². The van der Waals surface area contributed by atoms with Crippen molar-refractivity contribution in [3.63, 3.8) is 0 Å². The van der Waals surface area contributed by atoms with Gasteiger partial charge in [-0.3, -0.25) is 19.3 Å². The lowest BCUT2D eigenvalue weighted by molar-refractivity contribution is -0.128. The number of benzene rings is 1. The predicted molar refractivity (Wildman–Crippen MR) is 89.5 cm³/mol. The number of anilines is 1. The van der Waals surface area contributed by atoms with E-state index in [9.17, 15) is 14.4 Å². The monoisotopic (exact) mass is 334 g/mol. The molecule has 122 valence electrons. The second-order valence-electron chi connectivity index (χ2n) is 4.82. The Morgan fingerprint density at radius 3 is 2.70 bits per heavy atom. The molecule has 1 aliphatic rings. The van der Waals surface area contributed by atoms with Gasteiger partial charge in [0.2, 0.25) is 11.8 Å². The number of hydrogen-bond donors (Lipinski definition) is 1. The Bertz CT molecular complexity index is 615. The maximum absolute atomic E-state index is 12.1. The van der Waals surface area contributed by atoms with Gasteiger partial charge in [-0.25, -0.2) is 0 Å². The van der Waals surface area contributed by atoms with Gasteiger partial charge in [-0.2, -0.15) is 0 Å². The third kappa shape index (κ3) is 4.35. The van der Waals surface area contributed by atoms with Crippen LogP contribution in [0.5, 0.6) is 5.75 Å². The van der Waals surface area contributed by atoms with E-state index in [2.05, 4.69) is 11.9 Å². The third-order valence-electron chi connectivity index (χ3n) is 3.14. The molecular weight excluding hydrogens is 316 g/mol. The van der Waals surface area contributed by atoms with E-state index < -0.39 is 5.25 Å². The highest BCUT2D eigenvalue weighted by molar-refractivity contribution is 8.15. The van der Waals surface area contributed by atoms with Crippen molar-refractivity contribution in [3.05, 3.63) is 36.9 Å². The van der Waals surface area contributed by atoms with E-state index in [1.165, 1.54) is 6.08 Å². The fourth-order valence-electron chi connectivity index (χ4n) is 2.10. The van der Waals surface area contributed by atoms with Crippen LogP contribution in [0.15, 0.2) is 36.9 Å². The van der Waals surface area contributed by atoms with Crippen LogP contribution >= 0.6 is 11.8 Å². The molecule has 23 heavy (non-hydrogen) atoms. The summed E-state index contributed by atoms with van der Waals surface area (Å²) < 4.78 is 5.32. The molecule has 0 spiro atoms. The van der Waals surface area contributed by atoms with Crippen LogP contribution in [0.3, 0.4) is 0 Å². The summed E-state index contributed by atoms with van der Waals surface area (Å²) in [5.41, 5.74) is 0.614. The normalized spacial score (nSPS) is 17.3. The first kappa shape index (κ1) is 17.1. The van der Waals surface area contributed by atoms with Crippen LogP contribution < -0.4 is 10.1 Å². The molecular formula is C16H18N2O4S. The van der Waals surface area contributed by atoms with Crippen LogP contribution in [0, 0.1) is 0 Å². The van der Waals surface area contributed by atoms with Gasteiger partial charge < -0.3 is 10.1 Å². The Kier molecular flexibility index (Phi) is 5.81. The minimum atomic E-state index is -0.676. The molecule has 6 nitrogen and oxygen atoms in total. The van der Waals surface area contributed by atoms with Crippen molar-refractivity contribution < 1.29 is 19.1 Å². The Morgan fingerprint density at radius 2 is 2.09 bits per heavy atom. The van der Waals surface area contributed by atoms with Gasteiger partial charge in [-0.1, -0.05) is 17.8 Å². The van der Waals surface area contributed by atoms with E-state index in [0.717, 1.165) is 22.4 Å². The standard InChI is InChI=1S/C16H18N2O4S/c1-3-9-18-15(20)13(23-16(18)21)10-14(19)17-11-5-7-12(8-6-11)22-4-2/h3,5-8,13H,1,4,9-10H2,2H3,(H,17,19)/t13-/m0/s1. The minimum absolute atomic E-state index is 0.0455. The first-order chi connectivity index (χ1) is 11.0. The molecule has 1 N–H and O–H groups in total. The number of amides is 3. The summed E-state index contributed by atoms with van der Waals surface area (Å²) >= 11 is 0.878. The zero-order valence-electron chi connectivity index (χ0n) is 12.8. The Labute approximate surface area is 138 Å². The van der Waals surface area contributed by atoms with Gasteiger partial charge in [0.1, 0.15) is 11.0 Å². The lowest BCUT2D eigenvalue weighted by atomic mass is 10.2. The maximum atomic E-state index is 12.1. The highest BCUT2D eigenvalue weighted by atomic mass is 32.2. The zero-order valence-corrected chi connectivity index (χ0v) is 13.6. The van der Waals surface area contributed by atoms with Crippen molar-refractivity contribution in [2.75, 3.05) is 18.5 Å². The first-order valence-electron chi connectivity index (χ1n) is 7.20. The molecule has 0 bridgehead atoms. The number of hydrogen-bond acceptors (Lipinski definition) is 5. The number of carbonyl (C=O) groups excluding carboxylic acids is 3. The summed E-state index contributed by atoms with van der Waals surface area (Å²) in [6.07, 6.45) is 1.44. The molecule has 0 aliphatic carbocycles. The van der Waals surface area contributed by atoms with Crippen molar-refractivity contribution in [3.8, 4) is 5.75 Å². The van der Waals surface area contributed by atoms with Crippen LogP contribution in [-0.2, 0) is 9.59 Å². The fraction of sp³-hybridized carbons (Fsp3) is 0.312. The topological polar surface area (TPSA) is 75.7 Å². The van der Waals surface area contributed by atoms with Crippen molar-refractivity contribution in [2.24, 2.45) is 0 Å². The predicted octanol–water partition coefficient (Wildman–Crippen LogP) is 2.66. The second-order valence-corrected chi connectivity index (χ2v) is 5.97. The van der Waals surface area contributed by atoms with E-state index >= 15 is 0 Å². The average Bonchev–Trinajstić information content (AvgIpc) is 2.77. The smallest absolute Gasteiger partial charge is 0.289 e. The van der Waals surface area contributed by atoms with E-state index in [0.29, 0.717) is 12.3 Å². The number of carbonyl (C=O) groups is 3. The summed E-state index contributed by atoms with van der Waals surface area (Å²) in [6.45, 7) is 6.14. The largest absolute Gasteiger partial charge is 0.494 e. The number of nitrogens with zero attached hydrogens (tertiary/aromatic N) is 1. The molecule has 0 saturated carbocycles. The van der Waals surface area contributed by atoms with Crippen molar-refractivity contribution in [1.29, 1.82) is 0 Å². The molecule has 7 heteroatoms. The summed E-state index contributed by atoms with van der Waals surface area (Å²) in [5, 5.41) is 1.70. The van der Waals surface area contributed by atoms with Crippen molar-refractivity contribution >= 4 is 34.5 Å². The second kappa shape index (κ2) is 7.82. The summed E-state index contributed by atoms with van der Waals surface area (Å²) in [6, 6.07) is 6.96. The molecule has 1 atom stereocenters. The van der Waals surface area contributed by atoms with Gasteiger partial charge in [0.15, 0.2) is 0 Å². The first-order valence-corrected chi connectivity index (χ1v) is 8.08. The number of rotatable bonds is 7. The Hall–Kier alpha value is -2.28. The highest BCUT2D eigenvalue weighted by Crippen LogP contribution is 2.29. The van der Waals surface area contributed by atoms with Gasteiger partial charge in [0.05, 0.1) is 6.61 Å². The number of nitrogens with one attached hydrogen (secondary N) is 1. The van der Waals surface area contributed by atoms with E-state index in [-0.39, 0.29) is 30.0 Å². The van der Waals surface area contributed by atoms with E-state index in [4.69, 9.17) is 4.74 Å². The Balaban J connectivity index is 1.91. The molecule has 0 radical (unpaired) electrons. The van der Waals surface area contributed by atoms with Gasteiger partial charge in [0, 0.05) is 18.7 Å². The van der Waals surface area contributed by atoms with Crippen molar-refractivity contribution in [2.45, 2.75) is 18.6 Å². The number of imide groups is 1. The average molecular weight is 334 g/mol. The SMILES string of the molecule is C=CCN1C(=O)S[C@@H](CC(=O)Nc2ccc(OCC)cc2)C1=O. The maximum Gasteiger partial charge on any atom is 0.289 e. The highest BCUT2D eigenvalue weighted by Gasteiger charge is 2.39. The summed E-state index contributed by atoms with van der Waals surface area (Å²) in [4.78, 5) is 36.9. The van der Waals surface area contributed by atoms with E-state index in [1.54, 1.807) is 24.3 Å². The molecule has 1 aliphatic heterocycles. The molecule has 1 heterocycles. The number of thioether (sulfide) groups is 1. The quantitative estimate of drug-likeness (QED) is 0.776. The van der Waals surface area contributed by atoms with Gasteiger partial charge >= 0.3 is 0 Å². The third-order valence-corrected chi connectivity index (χ3v) is 4.21. The summed E-state index contributed by atoms with van der Waals surface area (Å²) in [7, 11) is 0. The molecule has 3 amide bonds. The lowest BCUT2D eigenvalue weighted by Gasteiger charge is -2.11. The zero-order chi connectivity index (χ0) is 16.8. The minimum Gasteiger partial charge on any atom is -0.494 e. The van der Waals surface area contributed by atoms with Crippen LogP contribution in [0.25, 0.3) is 0 Å². The number of ether oxygens (including phenoxy) is 1. The molecule has 0 unspecified atom stereocenters. The van der Waals surface area contributed by atoms with Gasteiger partial charge in [-0.05, 0) is 31.2 Å². The molecule has 2 rings (SSSR count). The van der Waals surface area contributed by atoms with Gasteiger partial charge in [0.25, 0.3) is 5.24 Å². The summed E-state index contributed by atoms with van der Waals surface area (Å²) in [5.74, 6) is 0.0627. The lowest BCUT2D eigenvalue weighted by Crippen LogP contribution is -2.33. The molecule has 1 saturated heterocycles. The van der Waals surface area contributed by atoms with E-state index in [1.807, 2.05) is 6.92 Å². The molecule has 0 aromatic heterocycles. The molecule has 1 fully saturated rings. The Morgan fingerprint density at radius 1 is 1.39 bits per heavy atom. The molecule has 1 aromatic rings. The van der Waals surface area contributed by atoms with Crippen LogP contribution in [0.1, 0.15) is 13.3 Å². The fourth-order valence-corrected chi connectivity index (χ4v) is 3.10. The van der Waals surface area contributed by atoms with Crippen LogP contribution in [-0.4, -0.2) is 40.4 Å². The molecule has 1 aromatic carbocycles. The van der Waals surface area contributed by atoms with Crippen LogP contribution in [0.4, 0.5) is 10.5 Å². The van der Waals surface area contributed by atoms with Gasteiger partial charge in [-0.15, -0.1) is 6.58 Å². The van der Waals surface area contributed by atoms with Crippen molar-refractivity contribution in [1.82, 2.24) is 4.90 Å².